The van der Waals surface area contributed by atoms with Crippen molar-refractivity contribution in [3.05, 3.63) is 42.2 Å². The van der Waals surface area contributed by atoms with E-state index in [0.29, 0.717) is 13.0 Å². The lowest BCUT2D eigenvalue weighted by molar-refractivity contribution is -0.122. The number of thioether (sulfide) groups is 1. The van der Waals surface area contributed by atoms with Gasteiger partial charge in [-0.05, 0) is 5.56 Å². The lowest BCUT2D eigenvalue weighted by atomic mass is 10.2. The molecule has 1 unspecified atom stereocenters. The monoisotopic (exact) mass is 410 g/mol. The molecule has 2 amide bonds. The minimum absolute atomic E-state index is 0. The van der Waals surface area contributed by atoms with Crippen molar-refractivity contribution in [1.82, 2.24) is 25.4 Å². The van der Waals surface area contributed by atoms with Crippen molar-refractivity contribution < 1.29 is 9.59 Å². The zero-order valence-corrected chi connectivity index (χ0v) is 16.4. The summed E-state index contributed by atoms with van der Waals surface area (Å²) in [5.74, 6) is 1.93. The van der Waals surface area contributed by atoms with Crippen LogP contribution in [-0.4, -0.2) is 50.7 Å². The highest BCUT2D eigenvalue weighted by atomic mass is 35.5. The number of nitrogens with one attached hydrogen (secondary N) is 3. The van der Waals surface area contributed by atoms with E-state index in [2.05, 4.69) is 26.0 Å². The highest BCUT2D eigenvalue weighted by Crippen LogP contribution is 2.11. The van der Waals surface area contributed by atoms with Gasteiger partial charge in [-0.25, -0.2) is 9.67 Å². The number of amides is 2. The van der Waals surface area contributed by atoms with E-state index >= 15 is 0 Å². The van der Waals surface area contributed by atoms with E-state index in [9.17, 15) is 9.59 Å². The number of benzene rings is 1. The molecule has 2 aromatic rings. The summed E-state index contributed by atoms with van der Waals surface area (Å²) in [7, 11) is 0. The molecule has 146 valence electrons. The second-order valence-corrected chi connectivity index (χ2v) is 7.16. The van der Waals surface area contributed by atoms with Crippen molar-refractivity contribution >= 4 is 41.9 Å². The lowest BCUT2D eigenvalue weighted by Gasteiger charge is -2.22. The van der Waals surface area contributed by atoms with Crippen LogP contribution in [0.4, 0.5) is 5.95 Å². The first-order chi connectivity index (χ1) is 12.7. The molecule has 1 aromatic carbocycles. The van der Waals surface area contributed by atoms with E-state index in [1.165, 1.54) is 11.0 Å². The van der Waals surface area contributed by atoms with Gasteiger partial charge < -0.3 is 10.6 Å². The van der Waals surface area contributed by atoms with Crippen molar-refractivity contribution in [2.45, 2.75) is 25.6 Å². The summed E-state index contributed by atoms with van der Waals surface area (Å²) >= 11 is 1.84. The number of anilines is 1. The quantitative estimate of drug-likeness (QED) is 0.630. The first kappa shape index (κ1) is 21.2. The van der Waals surface area contributed by atoms with E-state index in [-0.39, 0.29) is 42.8 Å². The third-order valence-electron chi connectivity index (χ3n) is 3.86. The SMILES string of the molecule is Cl.O=C(Cn1cnc(NC(=O)CC2CSCCN2)n1)NCc1ccccc1. The van der Waals surface area contributed by atoms with Gasteiger partial charge in [-0.15, -0.1) is 17.5 Å². The average molecular weight is 411 g/mol. The van der Waals surface area contributed by atoms with Crippen LogP contribution in [0, 0.1) is 0 Å². The molecule has 1 aliphatic heterocycles. The Bertz CT molecular complexity index is 736. The summed E-state index contributed by atoms with van der Waals surface area (Å²) in [4.78, 5) is 28.1. The van der Waals surface area contributed by atoms with Crippen molar-refractivity contribution in [3.63, 3.8) is 0 Å². The Morgan fingerprint density at radius 1 is 1.26 bits per heavy atom. The molecule has 1 fully saturated rings. The molecular formula is C17H23ClN6O2S. The minimum Gasteiger partial charge on any atom is -0.350 e. The van der Waals surface area contributed by atoms with Gasteiger partial charge in [0.25, 0.3) is 0 Å². The normalized spacial score (nSPS) is 16.2. The molecule has 1 aliphatic rings. The molecule has 3 N–H and O–H groups in total. The maximum absolute atomic E-state index is 12.0. The van der Waals surface area contributed by atoms with E-state index in [4.69, 9.17) is 0 Å². The van der Waals surface area contributed by atoms with Gasteiger partial charge in [0.2, 0.25) is 17.8 Å². The molecule has 1 saturated heterocycles. The second-order valence-electron chi connectivity index (χ2n) is 6.01. The molecule has 1 atom stereocenters. The molecule has 8 nitrogen and oxygen atoms in total. The van der Waals surface area contributed by atoms with Crippen LogP contribution in [0.15, 0.2) is 36.7 Å². The van der Waals surface area contributed by atoms with Crippen LogP contribution in [-0.2, 0) is 22.7 Å². The van der Waals surface area contributed by atoms with Gasteiger partial charge >= 0.3 is 0 Å². The Morgan fingerprint density at radius 3 is 2.81 bits per heavy atom. The number of aromatic nitrogens is 3. The molecule has 1 aromatic heterocycles. The highest BCUT2D eigenvalue weighted by Gasteiger charge is 2.17. The van der Waals surface area contributed by atoms with Crippen LogP contribution >= 0.6 is 24.2 Å². The van der Waals surface area contributed by atoms with Crippen molar-refractivity contribution in [1.29, 1.82) is 0 Å². The van der Waals surface area contributed by atoms with Crippen LogP contribution < -0.4 is 16.0 Å². The zero-order chi connectivity index (χ0) is 18.2. The third-order valence-corrected chi connectivity index (χ3v) is 4.99. The topological polar surface area (TPSA) is 101 Å². The predicted octanol–water partition coefficient (Wildman–Crippen LogP) is 1.05. The average Bonchev–Trinajstić information content (AvgIpc) is 3.08. The van der Waals surface area contributed by atoms with Crippen LogP contribution in [0.25, 0.3) is 0 Å². The smallest absolute Gasteiger partial charge is 0.248 e. The van der Waals surface area contributed by atoms with Gasteiger partial charge in [-0.3, -0.25) is 14.9 Å². The molecule has 0 radical (unpaired) electrons. The zero-order valence-electron chi connectivity index (χ0n) is 14.8. The number of nitrogens with zero attached hydrogens (tertiary/aromatic N) is 3. The maximum atomic E-state index is 12.0. The summed E-state index contributed by atoms with van der Waals surface area (Å²) in [5.41, 5.74) is 1.03. The first-order valence-electron chi connectivity index (χ1n) is 8.50. The van der Waals surface area contributed by atoms with Crippen LogP contribution in [0.2, 0.25) is 0 Å². The molecule has 0 spiro atoms. The first-order valence-corrected chi connectivity index (χ1v) is 9.65. The molecular weight excluding hydrogens is 388 g/mol. The van der Waals surface area contributed by atoms with E-state index in [1.54, 1.807) is 0 Å². The third kappa shape index (κ3) is 7.20. The Labute approximate surface area is 168 Å². The van der Waals surface area contributed by atoms with Crippen molar-refractivity contribution in [2.75, 3.05) is 23.4 Å². The molecule has 27 heavy (non-hydrogen) atoms. The predicted molar refractivity (Wildman–Crippen MR) is 108 cm³/mol. The highest BCUT2D eigenvalue weighted by molar-refractivity contribution is 7.99. The number of carbonyl (C=O) groups is 2. The fraction of sp³-hybridized carbons (Fsp3) is 0.412. The van der Waals surface area contributed by atoms with Gasteiger partial charge in [0.05, 0.1) is 0 Å². The van der Waals surface area contributed by atoms with Crippen LogP contribution in [0.1, 0.15) is 12.0 Å². The number of halogens is 1. The molecule has 10 heteroatoms. The summed E-state index contributed by atoms with van der Waals surface area (Å²) in [6.45, 7) is 1.44. The summed E-state index contributed by atoms with van der Waals surface area (Å²) < 4.78 is 1.41. The number of carbonyl (C=O) groups excluding carboxylic acids is 2. The van der Waals surface area contributed by atoms with E-state index in [1.807, 2.05) is 42.1 Å². The fourth-order valence-electron chi connectivity index (χ4n) is 2.58. The summed E-state index contributed by atoms with van der Waals surface area (Å²) in [5, 5.41) is 12.9. The van der Waals surface area contributed by atoms with Crippen LogP contribution in [0.3, 0.4) is 0 Å². The van der Waals surface area contributed by atoms with Gasteiger partial charge in [0, 0.05) is 37.1 Å². The van der Waals surface area contributed by atoms with Gasteiger partial charge in [-0.1, -0.05) is 30.3 Å². The van der Waals surface area contributed by atoms with Gasteiger partial charge in [0.15, 0.2) is 0 Å². The molecule has 3 rings (SSSR count). The van der Waals surface area contributed by atoms with Crippen molar-refractivity contribution in [2.24, 2.45) is 0 Å². The summed E-state index contributed by atoms with van der Waals surface area (Å²) in [6.07, 6.45) is 1.82. The second kappa shape index (κ2) is 10.9. The number of hydrogen-bond donors (Lipinski definition) is 3. The van der Waals surface area contributed by atoms with E-state index < -0.39 is 0 Å². The fourth-order valence-corrected chi connectivity index (χ4v) is 3.53. The largest absolute Gasteiger partial charge is 0.350 e. The Balaban J connectivity index is 0.00000261. The molecule has 0 aliphatic carbocycles. The Kier molecular flexibility index (Phi) is 8.56. The molecule has 2 heterocycles. The van der Waals surface area contributed by atoms with Gasteiger partial charge in [-0.2, -0.15) is 11.8 Å². The molecule has 0 bridgehead atoms. The van der Waals surface area contributed by atoms with E-state index in [0.717, 1.165) is 23.6 Å². The lowest BCUT2D eigenvalue weighted by Crippen LogP contribution is -2.40. The van der Waals surface area contributed by atoms with Crippen LogP contribution in [0.5, 0.6) is 0 Å². The number of hydrogen-bond acceptors (Lipinski definition) is 6. The Morgan fingerprint density at radius 2 is 2.07 bits per heavy atom. The standard InChI is InChI=1S/C17H22N6O2S.ClH/c24-15(8-14-11-26-7-6-18-14)21-17-20-12-23(22-17)10-16(25)19-9-13-4-2-1-3-5-13;/h1-5,12,14,18H,6-11H2,(H,19,25)(H,21,22,24);1H. The minimum atomic E-state index is -0.167. The van der Waals surface area contributed by atoms with Crippen molar-refractivity contribution in [3.8, 4) is 0 Å². The maximum Gasteiger partial charge on any atom is 0.248 e. The molecule has 0 saturated carbocycles. The Hall–Kier alpha value is -2.10. The summed E-state index contributed by atoms with van der Waals surface area (Å²) in [6, 6.07) is 9.86. The number of rotatable bonds is 7. The van der Waals surface area contributed by atoms with Gasteiger partial charge in [0.1, 0.15) is 12.9 Å².